The summed E-state index contributed by atoms with van der Waals surface area (Å²) in [7, 11) is 2.00. The van der Waals surface area contributed by atoms with E-state index in [9.17, 15) is 0 Å². The van der Waals surface area contributed by atoms with Crippen molar-refractivity contribution in [3.8, 4) is 0 Å². The molecule has 1 aliphatic rings. The molecule has 16 heavy (non-hydrogen) atoms. The minimum absolute atomic E-state index is 0. The van der Waals surface area contributed by atoms with Gasteiger partial charge in [0.15, 0.2) is 0 Å². The maximum atomic E-state index is 4.28. The van der Waals surface area contributed by atoms with Gasteiger partial charge in [-0.3, -0.25) is 9.58 Å². The van der Waals surface area contributed by atoms with Crippen LogP contribution < -0.4 is 5.32 Å². The summed E-state index contributed by atoms with van der Waals surface area (Å²) in [6, 6.07) is 0.623. The van der Waals surface area contributed by atoms with Crippen LogP contribution in [0.2, 0.25) is 0 Å². The number of piperazine rings is 1. The Morgan fingerprint density at radius 3 is 2.88 bits per heavy atom. The summed E-state index contributed by atoms with van der Waals surface area (Å²) in [6.45, 7) is 8.77. The monoisotopic (exact) mass is 244 g/mol. The molecule has 5 heteroatoms. The third kappa shape index (κ3) is 2.75. The van der Waals surface area contributed by atoms with Gasteiger partial charge < -0.3 is 5.32 Å². The Kier molecular flexibility index (Phi) is 4.77. The Balaban J connectivity index is 0.00000128. The van der Waals surface area contributed by atoms with Crippen LogP contribution >= 0.6 is 12.4 Å². The van der Waals surface area contributed by atoms with Crippen LogP contribution in [0.1, 0.15) is 18.2 Å². The SMILES string of the molecule is Cc1c(CN2CCNCC2C)cnn1C.Cl. The van der Waals surface area contributed by atoms with Gasteiger partial charge in [0, 0.05) is 50.5 Å². The smallest absolute Gasteiger partial charge is 0.0537 e. The van der Waals surface area contributed by atoms with Crippen molar-refractivity contribution in [1.82, 2.24) is 20.0 Å². The molecule has 0 radical (unpaired) electrons. The summed E-state index contributed by atoms with van der Waals surface area (Å²) in [6.07, 6.45) is 1.99. The van der Waals surface area contributed by atoms with E-state index >= 15 is 0 Å². The van der Waals surface area contributed by atoms with Crippen LogP contribution in [0.25, 0.3) is 0 Å². The summed E-state index contributed by atoms with van der Waals surface area (Å²) in [5.74, 6) is 0. The number of halogens is 1. The first kappa shape index (κ1) is 13.5. The third-order valence-electron chi connectivity index (χ3n) is 3.35. The summed E-state index contributed by atoms with van der Waals surface area (Å²) >= 11 is 0. The minimum atomic E-state index is 0. The van der Waals surface area contributed by atoms with Gasteiger partial charge in [0.05, 0.1) is 6.20 Å². The van der Waals surface area contributed by atoms with E-state index in [0.29, 0.717) is 6.04 Å². The average molecular weight is 245 g/mol. The van der Waals surface area contributed by atoms with E-state index in [-0.39, 0.29) is 12.4 Å². The second-order valence-electron chi connectivity index (χ2n) is 4.40. The molecule has 1 atom stereocenters. The lowest BCUT2D eigenvalue weighted by atomic mass is 10.1. The second-order valence-corrected chi connectivity index (χ2v) is 4.40. The molecule has 0 saturated carbocycles. The van der Waals surface area contributed by atoms with Crippen LogP contribution in [-0.2, 0) is 13.6 Å². The fraction of sp³-hybridized carbons (Fsp3) is 0.727. The highest BCUT2D eigenvalue weighted by Crippen LogP contribution is 2.12. The standard InChI is InChI=1S/C11H20N4.ClH/c1-9-6-12-4-5-15(9)8-11-7-13-14(3)10(11)2;/h7,9,12H,4-6,8H2,1-3H3;1H. The summed E-state index contributed by atoms with van der Waals surface area (Å²) < 4.78 is 1.95. The van der Waals surface area contributed by atoms with E-state index in [1.165, 1.54) is 11.3 Å². The molecule has 2 heterocycles. The van der Waals surface area contributed by atoms with Gasteiger partial charge >= 0.3 is 0 Å². The molecule has 0 aliphatic carbocycles. The second kappa shape index (κ2) is 5.66. The van der Waals surface area contributed by atoms with E-state index < -0.39 is 0 Å². The zero-order chi connectivity index (χ0) is 10.8. The molecule has 92 valence electrons. The van der Waals surface area contributed by atoms with Crippen molar-refractivity contribution in [2.24, 2.45) is 7.05 Å². The van der Waals surface area contributed by atoms with Crippen molar-refractivity contribution in [3.05, 3.63) is 17.5 Å². The van der Waals surface area contributed by atoms with E-state index in [1.54, 1.807) is 0 Å². The highest BCUT2D eigenvalue weighted by atomic mass is 35.5. The lowest BCUT2D eigenvalue weighted by Gasteiger charge is -2.33. The van der Waals surface area contributed by atoms with Gasteiger partial charge in [0.1, 0.15) is 0 Å². The number of hydrogen-bond donors (Lipinski definition) is 1. The van der Waals surface area contributed by atoms with Crippen molar-refractivity contribution in [3.63, 3.8) is 0 Å². The molecule has 0 amide bonds. The van der Waals surface area contributed by atoms with Crippen LogP contribution in [0, 0.1) is 6.92 Å². The molecular formula is C11H21ClN4. The number of aryl methyl sites for hydroxylation is 1. The first-order valence-electron chi connectivity index (χ1n) is 5.60. The summed E-state index contributed by atoms with van der Waals surface area (Å²) in [5, 5.41) is 7.69. The van der Waals surface area contributed by atoms with E-state index in [1.807, 2.05) is 17.9 Å². The Morgan fingerprint density at radius 2 is 2.31 bits per heavy atom. The largest absolute Gasteiger partial charge is 0.314 e. The number of aromatic nitrogens is 2. The van der Waals surface area contributed by atoms with Gasteiger partial charge in [0.2, 0.25) is 0 Å². The van der Waals surface area contributed by atoms with Crippen LogP contribution in [0.15, 0.2) is 6.20 Å². The van der Waals surface area contributed by atoms with Crippen molar-refractivity contribution >= 4 is 12.4 Å². The molecule has 1 aliphatic heterocycles. The number of rotatable bonds is 2. The fourth-order valence-corrected chi connectivity index (χ4v) is 2.04. The topological polar surface area (TPSA) is 33.1 Å². The highest BCUT2D eigenvalue weighted by molar-refractivity contribution is 5.85. The average Bonchev–Trinajstić information content (AvgIpc) is 2.53. The molecule has 1 saturated heterocycles. The number of hydrogen-bond acceptors (Lipinski definition) is 3. The highest BCUT2D eigenvalue weighted by Gasteiger charge is 2.19. The first-order valence-corrected chi connectivity index (χ1v) is 5.60. The van der Waals surface area contributed by atoms with Crippen molar-refractivity contribution in [1.29, 1.82) is 0 Å². The Hall–Kier alpha value is -0.580. The van der Waals surface area contributed by atoms with Gasteiger partial charge in [-0.1, -0.05) is 0 Å². The zero-order valence-electron chi connectivity index (χ0n) is 10.2. The maximum absolute atomic E-state index is 4.28. The van der Waals surface area contributed by atoms with Gasteiger partial charge in [-0.15, -0.1) is 12.4 Å². The lowest BCUT2D eigenvalue weighted by molar-refractivity contribution is 0.165. The van der Waals surface area contributed by atoms with Crippen LogP contribution in [0.4, 0.5) is 0 Å². The maximum Gasteiger partial charge on any atom is 0.0537 e. The molecule has 1 unspecified atom stereocenters. The molecule has 0 spiro atoms. The molecule has 0 aromatic carbocycles. The fourth-order valence-electron chi connectivity index (χ4n) is 2.04. The molecule has 1 fully saturated rings. The Morgan fingerprint density at radius 1 is 1.56 bits per heavy atom. The molecular weight excluding hydrogens is 224 g/mol. The van der Waals surface area contributed by atoms with Gasteiger partial charge in [-0.05, 0) is 13.8 Å². The molecule has 1 aromatic rings. The molecule has 4 nitrogen and oxygen atoms in total. The number of nitrogens with one attached hydrogen (secondary N) is 1. The van der Waals surface area contributed by atoms with Gasteiger partial charge in [-0.25, -0.2) is 0 Å². The predicted octanol–water partition coefficient (Wildman–Crippen LogP) is 0.944. The summed E-state index contributed by atoms with van der Waals surface area (Å²) in [4.78, 5) is 2.51. The first-order chi connectivity index (χ1) is 7.18. The Labute approximate surface area is 103 Å². The van der Waals surface area contributed by atoms with Crippen molar-refractivity contribution in [2.45, 2.75) is 26.4 Å². The third-order valence-corrected chi connectivity index (χ3v) is 3.35. The van der Waals surface area contributed by atoms with Crippen LogP contribution in [0.5, 0.6) is 0 Å². The van der Waals surface area contributed by atoms with E-state index in [2.05, 4.69) is 29.2 Å². The predicted molar refractivity (Wildman–Crippen MR) is 67.9 cm³/mol. The quantitative estimate of drug-likeness (QED) is 0.841. The normalized spacial score (nSPS) is 21.8. The summed E-state index contributed by atoms with van der Waals surface area (Å²) in [5.41, 5.74) is 2.63. The molecule has 2 rings (SSSR count). The molecule has 1 N–H and O–H groups in total. The lowest BCUT2D eigenvalue weighted by Crippen LogP contribution is -2.49. The van der Waals surface area contributed by atoms with Crippen LogP contribution in [0.3, 0.4) is 0 Å². The van der Waals surface area contributed by atoms with Gasteiger partial charge in [-0.2, -0.15) is 5.10 Å². The van der Waals surface area contributed by atoms with Crippen molar-refractivity contribution < 1.29 is 0 Å². The Bertz CT molecular complexity index is 337. The number of nitrogens with zero attached hydrogens (tertiary/aromatic N) is 3. The van der Waals surface area contributed by atoms with Crippen LogP contribution in [-0.4, -0.2) is 40.4 Å². The molecule has 1 aromatic heterocycles. The van der Waals surface area contributed by atoms with Crippen molar-refractivity contribution in [2.75, 3.05) is 19.6 Å². The minimum Gasteiger partial charge on any atom is -0.314 e. The van der Waals surface area contributed by atoms with E-state index in [4.69, 9.17) is 0 Å². The molecule has 0 bridgehead atoms. The zero-order valence-corrected chi connectivity index (χ0v) is 11.0. The van der Waals surface area contributed by atoms with E-state index in [0.717, 1.165) is 26.2 Å². The van der Waals surface area contributed by atoms with Gasteiger partial charge in [0.25, 0.3) is 0 Å².